The predicted octanol–water partition coefficient (Wildman–Crippen LogP) is 5.31. The van der Waals surface area contributed by atoms with Gasteiger partial charge in [0.2, 0.25) is 11.8 Å². The molecule has 0 aliphatic rings. The van der Waals surface area contributed by atoms with E-state index in [1.165, 1.54) is 29.2 Å². The Morgan fingerprint density at radius 1 is 0.927 bits per heavy atom. The van der Waals surface area contributed by atoms with E-state index in [1.807, 2.05) is 44.2 Å². The van der Waals surface area contributed by atoms with Crippen LogP contribution in [0.2, 0.25) is 5.02 Å². The predicted molar refractivity (Wildman–Crippen MR) is 163 cm³/mol. The van der Waals surface area contributed by atoms with Gasteiger partial charge < -0.3 is 15.0 Å². The lowest BCUT2D eigenvalue weighted by molar-refractivity contribution is -0.139. The first-order chi connectivity index (χ1) is 19.6. The summed E-state index contributed by atoms with van der Waals surface area (Å²) in [4.78, 5) is 28.6. The minimum absolute atomic E-state index is 0.0283. The van der Waals surface area contributed by atoms with Gasteiger partial charge in [-0.05, 0) is 75.6 Å². The van der Waals surface area contributed by atoms with E-state index in [2.05, 4.69) is 5.32 Å². The van der Waals surface area contributed by atoms with Crippen molar-refractivity contribution in [2.45, 2.75) is 57.5 Å². The van der Waals surface area contributed by atoms with E-state index in [9.17, 15) is 18.0 Å². The number of nitrogens with one attached hydrogen (secondary N) is 1. The summed E-state index contributed by atoms with van der Waals surface area (Å²) in [5, 5.41) is 3.32. The summed E-state index contributed by atoms with van der Waals surface area (Å²) in [5.74, 6) is -0.502. The lowest BCUT2D eigenvalue weighted by Crippen LogP contribution is -2.53. The first-order valence-electron chi connectivity index (χ1n) is 13.7. The molecule has 0 spiro atoms. The highest BCUT2D eigenvalue weighted by atomic mass is 35.5. The fourth-order valence-electron chi connectivity index (χ4n) is 4.22. The molecule has 0 heterocycles. The molecule has 2 amide bonds. The van der Waals surface area contributed by atoms with Crippen LogP contribution < -0.4 is 14.4 Å². The van der Waals surface area contributed by atoms with Crippen molar-refractivity contribution in [1.82, 2.24) is 10.2 Å². The van der Waals surface area contributed by atoms with Crippen LogP contribution in [0.15, 0.2) is 83.8 Å². The number of hydrogen-bond donors (Lipinski definition) is 1. The van der Waals surface area contributed by atoms with E-state index < -0.39 is 28.5 Å². The van der Waals surface area contributed by atoms with Crippen molar-refractivity contribution in [3.8, 4) is 5.75 Å². The molecule has 41 heavy (non-hydrogen) atoms. The SMILES string of the molecule is CCOc1ccccc1N(CC(=O)N(CCc1ccccc1)C(C)C(=O)NC(C)CC)S(=O)(=O)c1ccc(Cl)cc1. The maximum Gasteiger partial charge on any atom is 0.264 e. The van der Waals surface area contributed by atoms with Crippen molar-refractivity contribution >= 4 is 39.1 Å². The van der Waals surface area contributed by atoms with Crippen LogP contribution >= 0.6 is 11.6 Å². The summed E-state index contributed by atoms with van der Waals surface area (Å²) in [6, 6.07) is 21.1. The van der Waals surface area contributed by atoms with Crippen LogP contribution in [0.4, 0.5) is 5.69 Å². The number of halogens is 1. The lowest BCUT2D eigenvalue weighted by atomic mass is 10.1. The topological polar surface area (TPSA) is 96.0 Å². The van der Waals surface area contributed by atoms with E-state index >= 15 is 0 Å². The Hall–Kier alpha value is -3.56. The van der Waals surface area contributed by atoms with E-state index in [0.29, 0.717) is 23.8 Å². The highest BCUT2D eigenvalue weighted by Crippen LogP contribution is 2.33. The first-order valence-corrected chi connectivity index (χ1v) is 15.5. The Morgan fingerprint density at radius 2 is 1.56 bits per heavy atom. The molecular weight excluding hydrogens is 562 g/mol. The largest absolute Gasteiger partial charge is 0.492 e. The van der Waals surface area contributed by atoms with Gasteiger partial charge in [0.25, 0.3) is 10.0 Å². The number of benzene rings is 3. The van der Waals surface area contributed by atoms with Gasteiger partial charge in [0.05, 0.1) is 17.2 Å². The van der Waals surface area contributed by atoms with Crippen LogP contribution in [0.1, 0.15) is 39.7 Å². The molecule has 8 nitrogen and oxygen atoms in total. The lowest BCUT2D eigenvalue weighted by Gasteiger charge is -2.32. The maximum atomic E-state index is 14.0. The smallest absolute Gasteiger partial charge is 0.264 e. The molecule has 1 N–H and O–H groups in total. The second-order valence-electron chi connectivity index (χ2n) is 9.68. The average molecular weight is 600 g/mol. The first kappa shape index (κ1) is 32.0. The summed E-state index contributed by atoms with van der Waals surface area (Å²) in [6.07, 6.45) is 1.23. The van der Waals surface area contributed by atoms with Crippen LogP contribution in [0.25, 0.3) is 0 Å². The molecule has 2 atom stereocenters. The fraction of sp³-hybridized carbons (Fsp3) is 0.355. The Bertz CT molecular complexity index is 1400. The number of para-hydroxylation sites is 2. The van der Waals surface area contributed by atoms with Crippen LogP contribution in [-0.4, -0.2) is 56.9 Å². The number of ether oxygens (including phenoxy) is 1. The van der Waals surface area contributed by atoms with Gasteiger partial charge in [-0.3, -0.25) is 13.9 Å². The van der Waals surface area contributed by atoms with Crippen molar-refractivity contribution in [2.75, 3.05) is 24.0 Å². The molecule has 0 aliphatic heterocycles. The van der Waals surface area contributed by atoms with Crippen LogP contribution in [-0.2, 0) is 26.0 Å². The van der Waals surface area contributed by atoms with Crippen LogP contribution in [0.3, 0.4) is 0 Å². The summed E-state index contributed by atoms with van der Waals surface area (Å²) in [6.45, 7) is 7.30. The highest BCUT2D eigenvalue weighted by molar-refractivity contribution is 7.92. The molecule has 0 fully saturated rings. The van der Waals surface area contributed by atoms with Gasteiger partial charge in [-0.25, -0.2) is 8.42 Å². The molecule has 2 unspecified atom stereocenters. The Morgan fingerprint density at radius 3 is 2.20 bits per heavy atom. The molecule has 0 aliphatic carbocycles. The number of sulfonamides is 1. The van der Waals surface area contributed by atoms with Crippen molar-refractivity contribution in [2.24, 2.45) is 0 Å². The molecular formula is C31H38ClN3O5S. The Kier molecular flexibility index (Phi) is 11.6. The van der Waals surface area contributed by atoms with E-state index in [4.69, 9.17) is 16.3 Å². The molecule has 0 aromatic heterocycles. The van der Waals surface area contributed by atoms with E-state index in [1.54, 1.807) is 38.1 Å². The molecule has 10 heteroatoms. The summed E-state index contributed by atoms with van der Waals surface area (Å²) in [5.41, 5.74) is 1.21. The zero-order valence-corrected chi connectivity index (χ0v) is 25.5. The van der Waals surface area contributed by atoms with Crippen LogP contribution in [0.5, 0.6) is 5.75 Å². The third kappa shape index (κ3) is 8.47. The molecule has 0 saturated heterocycles. The number of hydrogen-bond acceptors (Lipinski definition) is 5. The quantitative estimate of drug-likeness (QED) is 0.271. The molecule has 0 radical (unpaired) electrons. The Balaban J connectivity index is 2.02. The van der Waals surface area contributed by atoms with Crippen molar-refractivity contribution < 1.29 is 22.7 Å². The van der Waals surface area contributed by atoms with Gasteiger partial charge in [0, 0.05) is 17.6 Å². The van der Waals surface area contributed by atoms with E-state index in [0.717, 1.165) is 16.3 Å². The minimum Gasteiger partial charge on any atom is -0.492 e. The second kappa shape index (κ2) is 14.9. The monoisotopic (exact) mass is 599 g/mol. The molecule has 3 aromatic rings. The number of carbonyl (C=O) groups excluding carboxylic acids is 2. The summed E-state index contributed by atoms with van der Waals surface area (Å²) < 4.78 is 34.8. The van der Waals surface area contributed by atoms with Gasteiger partial charge in [-0.15, -0.1) is 0 Å². The third-order valence-electron chi connectivity index (χ3n) is 6.77. The fourth-order valence-corrected chi connectivity index (χ4v) is 5.77. The van der Waals surface area contributed by atoms with Crippen molar-refractivity contribution in [3.05, 3.63) is 89.4 Å². The zero-order valence-electron chi connectivity index (χ0n) is 23.9. The van der Waals surface area contributed by atoms with Gasteiger partial charge in [0.1, 0.15) is 18.3 Å². The van der Waals surface area contributed by atoms with Crippen LogP contribution in [0, 0.1) is 0 Å². The molecule has 220 valence electrons. The summed E-state index contributed by atoms with van der Waals surface area (Å²) >= 11 is 6.02. The third-order valence-corrected chi connectivity index (χ3v) is 8.79. The highest BCUT2D eigenvalue weighted by Gasteiger charge is 2.33. The zero-order chi connectivity index (χ0) is 30.0. The van der Waals surface area contributed by atoms with Gasteiger partial charge in [-0.2, -0.15) is 0 Å². The Labute approximate surface area is 248 Å². The average Bonchev–Trinajstić information content (AvgIpc) is 2.97. The molecule has 0 bridgehead atoms. The normalized spacial score (nSPS) is 12.7. The standard InChI is InChI=1S/C31H38ClN3O5S/c1-5-23(3)33-31(37)24(4)34(21-20-25-12-8-7-9-13-25)30(36)22-35(28-14-10-11-15-29(28)40-6-2)41(38,39)27-18-16-26(32)17-19-27/h7-19,23-24H,5-6,20-22H2,1-4H3,(H,33,37). The van der Waals surface area contributed by atoms with Crippen molar-refractivity contribution in [1.29, 1.82) is 0 Å². The van der Waals surface area contributed by atoms with E-state index in [-0.39, 0.29) is 29.1 Å². The molecule has 0 saturated carbocycles. The number of amides is 2. The summed E-state index contributed by atoms with van der Waals surface area (Å²) in [7, 11) is -4.23. The maximum absolute atomic E-state index is 14.0. The van der Waals surface area contributed by atoms with Crippen molar-refractivity contribution in [3.63, 3.8) is 0 Å². The van der Waals surface area contributed by atoms with Gasteiger partial charge >= 0.3 is 0 Å². The molecule has 3 aromatic carbocycles. The minimum atomic E-state index is -4.23. The van der Waals surface area contributed by atoms with Gasteiger partial charge in [-0.1, -0.05) is 61.0 Å². The number of nitrogens with zero attached hydrogens (tertiary/aromatic N) is 2. The number of anilines is 1. The number of carbonyl (C=O) groups is 2. The molecule has 3 rings (SSSR count). The van der Waals surface area contributed by atoms with Gasteiger partial charge in [0.15, 0.2) is 0 Å². The number of rotatable bonds is 14. The second-order valence-corrected chi connectivity index (χ2v) is 12.0.